The van der Waals surface area contributed by atoms with Gasteiger partial charge in [-0.2, -0.15) is 5.26 Å². The average Bonchev–Trinajstić information content (AvgIpc) is 2.21. The number of Topliss-reactive ketones (excluding diaryl/α,β-unsaturated/α-hetero) is 1. The van der Waals surface area contributed by atoms with Crippen LogP contribution < -0.4 is 4.74 Å². The van der Waals surface area contributed by atoms with Crippen LogP contribution in [0.25, 0.3) is 0 Å². The third-order valence-electron chi connectivity index (χ3n) is 1.85. The first kappa shape index (κ1) is 12.0. The minimum Gasteiger partial charge on any atom is -0.493 e. The summed E-state index contributed by atoms with van der Waals surface area (Å²) in [6, 6.07) is 5.25. The fourth-order valence-corrected chi connectivity index (χ4v) is 2.03. The average molecular weight is 315 g/mol. The van der Waals surface area contributed by atoms with Crippen molar-refractivity contribution in [2.75, 3.05) is 6.61 Å². The topological polar surface area (TPSA) is 50.1 Å². The Hall–Kier alpha value is -1.09. The summed E-state index contributed by atoms with van der Waals surface area (Å²) < 4.78 is 6.12. The molecule has 0 unspecified atom stereocenters. The lowest BCUT2D eigenvalue weighted by atomic mass is 10.1. The Bertz CT molecular complexity index is 435. The van der Waals surface area contributed by atoms with Gasteiger partial charge in [0.25, 0.3) is 0 Å². The summed E-state index contributed by atoms with van der Waals surface area (Å²) in [6.45, 7) is 3.86. The number of carbonyl (C=O) groups excluding carboxylic acids is 1. The summed E-state index contributed by atoms with van der Waals surface area (Å²) in [4.78, 5) is 11.3. The van der Waals surface area contributed by atoms with Crippen molar-refractivity contribution in [2.45, 2.75) is 13.8 Å². The van der Waals surface area contributed by atoms with Gasteiger partial charge in [0.1, 0.15) is 5.75 Å². The molecule has 78 valence electrons. The van der Waals surface area contributed by atoms with E-state index >= 15 is 0 Å². The van der Waals surface area contributed by atoms with Gasteiger partial charge in [-0.15, -0.1) is 0 Å². The highest BCUT2D eigenvalue weighted by molar-refractivity contribution is 14.1. The van der Waals surface area contributed by atoms with E-state index in [1.165, 1.54) is 6.92 Å². The summed E-state index contributed by atoms with van der Waals surface area (Å²) in [7, 11) is 0. The fourth-order valence-electron chi connectivity index (χ4n) is 1.18. The van der Waals surface area contributed by atoms with Crippen LogP contribution in [0.2, 0.25) is 0 Å². The molecule has 0 aliphatic heterocycles. The molecule has 4 heteroatoms. The number of hydrogen-bond donors (Lipinski definition) is 0. The summed E-state index contributed by atoms with van der Waals surface area (Å²) >= 11 is 2.06. The standard InChI is InChI=1S/C11H10INO2/c1-3-15-10-5-8(6-13)4-9(7(2)14)11(10)12/h4-5H,3H2,1-2H3. The Morgan fingerprint density at radius 1 is 1.60 bits per heavy atom. The van der Waals surface area contributed by atoms with E-state index in [1.807, 2.05) is 13.0 Å². The van der Waals surface area contributed by atoms with E-state index in [-0.39, 0.29) is 5.78 Å². The van der Waals surface area contributed by atoms with Crippen molar-refractivity contribution in [3.63, 3.8) is 0 Å². The van der Waals surface area contributed by atoms with Crippen molar-refractivity contribution in [3.8, 4) is 11.8 Å². The number of hydrogen-bond acceptors (Lipinski definition) is 3. The second-order valence-electron chi connectivity index (χ2n) is 2.94. The summed E-state index contributed by atoms with van der Waals surface area (Å²) in [6.07, 6.45) is 0. The van der Waals surface area contributed by atoms with E-state index in [9.17, 15) is 4.79 Å². The summed E-state index contributed by atoms with van der Waals surface area (Å²) in [5.74, 6) is 0.541. The van der Waals surface area contributed by atoms with Crippen molar-refractivity contribution >= 4 is 28.4 Å². The maximum Gasteiger partial charge on any atom is 0.161 e. The van der Waals surface area contributed by atoms with Gasteiger partial charge in [-0.05, 0) is 48.6 Å². The fraction of sp³-hybridized carbons (Fsp3) is 0.273. The van der Waals surface area contributed by atoms with Gasteiger partial charge in [-0.1, -0.05) is 0 Å². The van der Waals surface area contributed by atoms with Gasteiger partial charge in [-0.25, -0.2) is 0 Å². The molecule has 0 bridgehead atoms. The minimum atomic E-state index is -0.0579. The zero-order valence-electron chi connectivity index (χ0n) is 8.50. The largest absolute Gasteiger partial charge is 0.493 e. The maximum absolute atomic E-state index is 11.3. The van der Waals surface area contributed by atoms with Crippen molar-refractivity contribution < 1.29 is 9.53 Å². The van der Waals surface area contributed by atoms with Crippen molar-refractivity contribution in [1.29, 1.82) is 5.26 Å². The minimum absolute atomic E-state index is 0.0579. The second kappa shape index (κ2) is 5.12. The Kier molecular flexibility index (Phi) is 4.09. The summed E-state index contributed by atoms with van der Waals surface area (Å²) in [5, 5.41) is 8.81. The lowest BCUT2D eigenvalue weighted by Gasteiger charge is -2.09. The lowest BCUT2D eigenvalue weighted by Crippen LogP contribution is -2.02. The lowest BCUT2D eigenvalue weighted by molar-refractivity contribution is 0.101. The molecule has 0 radical (unpaired) electrons. The first-order chi connectivity index (χ1) is 7.10. The van der Waals surface area contributed by atoms with Crippen LogP contribution in [-0.4, -0.2) is 12.4 Å². The number of carbonyl (C=O) groups is 1. The van der Waals surface area contributed by atoms with E-state index in [0.717, 1.165) is 3.57 Å². The number of ether oxygens (including phenoxy) is 1. The number of nitrogens with zero attached hydrogens (tertiary/aromatic N) is 1. The van der Waals surface area contributed by atoms with E-state index in [0.29, 0.717) is 23.5 Å². The van der Waals surface area contributed by atoms with Gasteiger partial charge < -0.3 is 4.74 Å². The Labute approximate surface area is 102 Å². The zero-order valence-corrected chi connectivity index (χ0v) is 10.7. The third kappa shape index (κ3) is 2.69. The molecule has 0 saturated heterocycles. The van der Waals surface area contributed by atoms with Gasteiger partial charge in [0.05, 0.1) is 21.8 Å². The number of halogens is 1. The Balaban J connectivity index is 3.35. The number of ketones is 1. The van der Waals surface area contributed by atoms with Crippen LogP contribution in [-0.2, 0) is 0 Å². The molecule has 15 heavy (non-hydrogen) atoms. The number of nitriles is 1. The van der Waals surface area contributed by atoms with Crippen LogP contribution in [0.15, 0.2) is 12.1 Å². The highest BCUT2D eigenvalue weighted by Crippen LogP contribution is 2.26. The van der Waals surface area contributed by atoms with Gasteiger partial charge in [-0.3, -0.25) is 4.79 Å². The van der Waals surface area contributed by atoms with Crippen LogP contribution in [0.4, 0.5) is 0 Å². The van der Waals surface area contributed by atoms with Gasteiger partial charge >= 0.3 is 0 Å². The zero-order chi connectivity index (χ0) is 11.4. The molecule has 0 aliphatic carbocycles. The molecule has 0 saturated carbocycles. The molecule has 0 spiro atoms. The third-order valence-corrected chi connectivity index (χ3v) is 2.96. The van der Waals surface area contributed by atoms with E-state index in [1.54, 1.807) is 12.1 Å². The predicted molar refractivity (Wildman–Crippen MR) is 65.0 cm³/mol. The van der Waals surface area contributed by atoms with Gasteiger partial charge in [0, 0.05) is 5.56 Å². The number of rotatable bonds is 3. The first-order valence-corrected chi connectivity index (χ1v) is 5.55. The molecule has 3 nitrogen and oxygen atoms in total. The van der Waals surface area contributed by atoms with Gasteiger partial charge in [0.15, 0.2) is 5.78 Å². The van der Waals surface area contributed by atoms with Crippen LogP contribution >= 0.6 is 22.6 Å². The van der Waals surface area contributed by atoms with Crippen LogP contribution in [0.1, 0.15) is 29.8 Å². The van der Waals surface area contributed by atoms with Gasteiger partial charge in [0.2, 0.25) is 0 Å². The van der Waals surface area contributed by atoms with Crippen molar-refractivity contribution in [2.24, 2.45) is 0 Å². The number of benzene rings is 1. The van der Waals surface area contributed by atoms with Crippen molar-refractivity contribution in [3.05, 3.63) is 26.8 Å². The van der Waals surface area contributed by atoms with E-state index in [2.05, 4.69) is 22.6 Å². The molecular formula is C11H10INO2. The second-order valence-corrected chi connectivity index (χ2v) is 4.02. The quantitative estimate of drug-likeness (QED) is 0.636. The Morgan fingerprint density at radius 2 is 2.27 bits per heavy atom. The maximum atomic E-state index is 11.3. The molecule has 0 atom stereocenters. The molecule has 0 fully saturated rings. The monoisotopic (exact) mass is 315 g/mol. The van der Waals surface area contributed by atoms with Crippen LogP contribution in [0.3, 0.4) is 0 Å². The summed E-state index contributed by atoms with van der Waals surface area (Å²) in [5.41, 5.74) is 0.988. The molecule has 1 aromatic carbocycles. The molecule has 0 aliphatic rings. The molecule has 0 amide bonds. The van der Waals surface area contributed by atoms with Crippen LogP contribution in [0, 0.1) is 14.9 Å². The molecule has 1 rings (SSSR count). The molecule has 1 aromatic rings. The smallest absolute Gasteiger partial charge is 0.161 e. The normalized spacial score (nSPS) is 9.47. The SMILES string of the molecule is CCOc1cc(C#N)cc(C(C)=O)c1I. The first-order valence-electron chi connectivity index (χ1n) is 4.47. The molecular weight excluding hydrogens is 305 g/mol. The molecule has 0 heterocycles. The highest BCUT2D eigenvalue weighted by atomic mass is 127. The van der Waals surface area contributed by atoms with Crippen LogP contribution in [0.5, 0.6) is 5.75 Å². The van der Waals surface area contributed by atoms with E-state index < -0.39 is 0 Å². The Morgan fingerprint density at radius 3 is 2.73 bits per heavy atom. The predicted octanol–water partition coefficient (Wildman–Crippen LogP) is 2.76. The molecule has 0 aromatic heterocycles. The highest BCUT2D eigenvalue weighted by Gasteiger charge is 2.12. The molecule has 0 N–H and O–H groups in total. The van der Waals surface area contributed by atoms with Crippen molar-refractivity contribution in [1.82, 2.24) is 0 Å². The van der Waals surface area contributed by atoms with E-state index in [4.69, 9.17) is 10.00 Å².